The second-order valence-electron chi connectivity index (χ2n) is 6.20. The minimum absolute atomic E-state index is 0.127. The summed E-state index contributed by atoms with van der Waals surface area (Å²) in [5.41, 5.74) is 2.66. The highest BCUT2D eigenvalue weighted by molar-refractivity contribution is 7.92. The van der Waals surface area contributed by atoms with Gasteiger partial charge in [0.05, 0.1) is 41.9 Å². The summed E-state index contributed by atoms with van der Waals surface area (Å²) in [6, 6.07) is 16.3. The zero-order valence-electron chi connectivity index (χ0n) is 15.5. The van der Waals surface area contributed by atoms with E-state index in [2.05, 4.69) is 9.72 Å². The third-order valence-electron chi connectivity index (χ3n) is 4.08. The van der Waals surface area contributed by atoms with Crippen molar-refractivity contribution >= 4 is 33.0 Å². The van der Waals surface area contributed by atoms with Gasteiger partial charge in [-0.15, -0.1) is 11.3 Å². The summed E-state index contributed by atoms with van der Waals surface area (Å²) in [6.45, 7) is 0.127. The maximum Gasteiger partial charge on any atom is 0.337 e. The van der Waals surface area contributed by atoms with E-state index in [0.29, 0.717) is 23.4 Å². The van der Waals surface area contributed by atoms with E-state index in [-0.39, 0.29) is 6.54 Å². The lowest BCUT2D eigenvalue weighted by Crippen LogP contribution is -2.29. The third-order valence-corrected chi connectivity index (χ3v) is 6.12. The van der Waals surface area contributed by atoms with E-state index >= 15 is 0 Å². The number of rotatable bonds is 7. The Morgan fingerprint density at radius 3 is 2.39 bits per heavy atom. The van der Waals surface area contributed by atoms with Gasteiger partial charge in [0.2, 0.25) is 10.0 Å². The van der Waals surface area contributed by atoms with Crippen molar-refractivity contribution in [1.82, 2.24) is 4.98 Å². The first kappa shape index (κ1) is 20.0. The van der Waals surface area contributed by atoms with E-state index in [9.17, 15) is 13.2 Å². The Hall–Kier alpha value is -2.71. The van der Waals surface area contributed by atoms with Crippen LogP contribution in [-0.2, 0) is 27.7 Å². The molecular formula is C20H20N2O4S2. The molecule has 3 rings (SSSR count). The SMILES string of the molecule is COC(=O)c1ccc(N(Cc2csc(Cc3ccccc3)n2)S(C)(=O)=O)cc1. The van der Waals surface area contributed by atoms with Gasteiger partial charge in [-0.2, -0.15) is 0 Å². The standard InChI is InChI=1S/C20H20N2O4S2/c1-26-20(23)16-8-10-18(11-9-16)22(28(2,24)25)13-17-14-27-19(21-17)12-15-6-4-3-5-7-15/h3-11,14H,12-13H2,1-2H3. The molecule has 146 valence electrons. The van der Waals surface area contributed by atoms with Gasteiger partial charge in [0.1, 0.15) is 0 Å². The number of methoxy groups -OCH3 is 1. The monoisotopic (exact) mass is 416 g/mol. The van der Waals surface area contributed by atoms with Gasteiger partial charge in [-0.05, 0) is 29.8 Å². The quantitative estimate of drug-likeness (QED) is 0.551. The molecule has 1 aromatic heterocycles. The summed E-state index contributed by atoms with van der Waals surface area (Å²) in [7, 11) is -2.22. The van der Waals surface area contributed by atoms with Gasteiger partial charge in [-0.3, -0.25) is 4.31 Å². The molecule has 0 saturated heterocycles. The first-order chi connectivity index (χ1) is 13.4. The number of benzene rings is 2. The third kappa shape index (κ3) is 4.96. The number of hydrogen-bond acceptors (Lipinski definition) is 6. The van der Waals surface area contributed by atoms with Crippen LogP contribution in [0.4, 0.5) is 5.69 Å². The average Bonchev–Trinajstić information content (AvgIpc) is 3.12. The average molecular weight is 417 g/mol. The Kier molecular flexibility index (Phi) is 6.11. The highest BCUT2D eigenvalue weighted by Gasteiger charge is 2.20. The number of ether oxygens (including phenoxy) is 1. The van der Waals surface area contributed by atoms with E-state index < -0.39 is 16.0 Å². The van der Waals surface area contributed by atoms with Crippen LogP contribution in [-0.4, -0.2) is 32.7 Å². The summed E-state index contributed by atoms with van der Waals surface area (Å²) in [5, 5.41) is 2.80. The fourth-order valence-corrected chi connectivity index (χ4v) is 4.39. The van der Waals surface area contributed by atoms with Crippen LogP contribution in [0.5, 0.6) is 0 Å². The normalized spacial score (nSPS) is 11.2. The van der Waals surface area contributed by atoms with Crippen LogP contribution >= 0.6 is 11.3 Å². The summed E-state index contributed by atoms with van der Waals surface area (Å²) >= 11 is 1.51. The van der Waals surface area contributed by atoms with Crippen LogP contribution in [0, 0.1) is 0 Å². The zero-order chi connectivity index (χ0) is 20.1. The number of nitrogens with zero attached hydrogens (tertiary/aromatic N) is 2. The fourth-order valence-electron chi connectivity index (χ4n) is 2.70. The number of carbonyl (C=O) groups is 1. The molecule has 2 aromatic carbocycles. The van der Waals surface area contributed by atoms with Crippen molar-refractivity contribution in [3.05, 3.63) is 81.8 Å². The molecular weight excluding hydrogens is 396 g/mol. The second kappa shape index (κ2) is 8.53. The van der Waals surface area contributed by atoms with Crippen LogP contribution in [0.25, 0.3) is 0 Å². The maximum atomic E-state index is 12.3. The number of thiazole rings is 1. The van der Waals surface area contributed by atoms with Gasteiger partial charge in [0.25, 0.3) is 0 Å². The van der Waals surface area contributed by atoms with Crippen LogP contribution in [0.1, 0.15) is 26.6 Å². The maximum absolute atomic E-state index is 12.3. The summed E-state index contributed by atoms with van der Waals surface area (Å²) in [6.07, 6.45) is 1.86. The first-order valence-electron chi connectivity index (χ1n) is 8.50. The lowest BCUT2D eigenvalue weighted by molar-refractivity contribution is 0.0600. The van der Waals surface area contributed by atoms with Crippen molar-refractivity contribution in [3.8, 4) is 0 Å². The lowest BCUT2D eigenvalue weighted by atomic mass is 10.2. The van der Waals surface area contributed by atoms with Crippen molar-refractivity contribution in [2.24, 2.45) is 0 Å². The Bertz CT molecular complexity index is 1050. The predicted molar refractivity (Wildman–Crippen MR) is 110 cm³/mol. The van der Waals surface area contributed by atoms with Crippen LogP contribution in [0.3, 0.4) is 0 Å². The van der Waals surface area contributed by atoms with Crippen molar-refractivity contribution in [3.63, 3.8) is 0 Å². The van der Waals surface area contributed by atoms with E-state index in [1.54, 1.807) is 24.3 Å². The van der Waals surface area contributed by atoms with E-state index in [4.69, 9.17) is 0 Å². The van der Waals surface area contributed by atoms with Gasteiger partial charge >= 0.3 is 5.97 Å². The van der Waals surface area contributed by atoms with Gasteiger partial charge in [0, 0.05) is 11.8 Å². The summed E-state index contributed by atoms with van der Waals surface area (Å²) < 4.78 is 30.6. The smallest absolute Gasteiger partial charge is 0.337 e. The number of esters is 1. The molecule has 8 heteroatoms. The van der Waals surface area contributed by atoms with Crippen molar-refractivity contribution in [2.75, 3.05) is 17.7 Å². The number of hydrogen-bond donors (Lipinski definition) is 0. The number of anilines is 1. The van der Waals surface area contributed by atoms with Gasteiger partial charge in [0.15, 0.2) is 0 Å². The lowest BCUT2D eigenvalue weighted by Gasteiger charge is -2.21. The van der Waals surface area contributed by atoms with Gasteiger partial charge < -0.3 is 4.74 Å². The molecule has 0 aliphatic rings. The molecule has 0 amide bonds. The number of sulfonamides is 1. The molecule has 6 nitrogen and oxygen atoms in total. The second-order valence-corrected chi connectivity index (χ2v) is 9.05. The molecule has 0 N–H and O–H groups in total. The number of carbonyl (C=O) groups excluding carboxylic acids is 1. The highest BCUT2D eigenvalue weighted by Crippen LogP contribution is 2.23. The Morgan fingerprint density at radius 2 is 1.79 bits per heavy atom. The number of aromatic nitrogens is 1. The molecule has 0 aliphatic carbocycles. The molecule has 0 spiro atoms. The minimum Gasteiger partial charge on any atom is -0.465 e. The molecule has 0 aliphatic heterocycles. The Labute approximate surface area is 168 Å². The van der Waals surface area contributed by atoms with Crippen LogP contribution in [0.15, 0.2) is 60.0 Å². The molecule has 0 saturated carbocycles. The van der Waals surface area contributed by atoms with Crippen molar-refractivity contribution < 1.29 is 17.9 Å². The summed E-state index contributed by atoms with van der Waals surface area (Å²) in [4.78, 5) is 16.2. The molecule has 0 unspecified atom stereocenters. The molecule has 0 radical (unpaired) electrons. The van der Waals surface area contributed by atoms with E-state index in [1.165, 1.54) is 22.8 Å². The van der Waals surface area contributed by atoms with E-state index in [0.717, 1.165) is 16.8 Å². The van der Waals surface area contributed by atoms with E-state index in [1.807, 2.05) is 35.7 Å². The molecule has 28 heavy (non-hydrogen) atoms. The van der Waals surface area contributed by atoms with Gasteiger partial charge in [-0.25, -0.2) is 18.2 Å². The predicted octanol–water partition coefficient (Wildman–Crippen LogP) is 3.49. The Balaban J connectivity index is 1.79. The van der Waals surface area contributed by atoms with Gasteiger partial charge in [-0.1, -0.05) is 30.3 Å². The summed E-state index contributed by atoms with van der Waals surface area (Å²) in [5.74, 6) is -0.470. The molecule has 1 heterocycles. The molecule has 0 fully saturated rings. The first-order valence-corrected chi connectivity index (χ1v) is 11.2. The molecule has 3 aromatic rings. The van der Waals surface area contributed by atoms with Crippen molar-refractivity contribution in [2.45, 2.75) is 13.0 Å². The Morgan fingerprint density at radius 1 is 1.11 bits per heavy atom. The largest absolute Gasteiger partial charge is 0.465 e. The highest BCUT2D eigenvalue weighted by atomic mass is 32.2. The van der Waals surface area contributed by atoms with Crippen LogP contribution < -0.4 is 4.31 Å². The van der Waals surface area contributed by atoms with Crippen molar-refractivity contribution in [1.29, 1.82) is 0 Å². The topological polar surface area (TPSA) is 76.6 Å². The molecule has 0 bridgehead atoms. The zero-order valence-corrected chi connectivity index (χ0v) is 17.2. The molecule has 0 atom stereocenters. The minimum atomic E-state index is -3.52. The fraction of sp³-hybridized carbons (Fsp3) is 0.200. The van der Waals surface area contributed by atoms with Crippen LogP contribution in [0.2, 0.25) is 0 Å².